The van der Waals surface area contributed by atoms with Crippen molar-refractivity contribution in [3.05, 3.63) is 310 Å². The molecule has 13 rings (SSSR count). The summed E-state index contributed by atoms with van der Waals surface area (Å²) < 4.78 is 4.93. The fourth-order valence-electron chi connectivity index (χ4n) is 10.9. The second kappa shape index (κ2) is 23.1. The Morgan fingerprint density at radius 2 is 0.924 bits per heavy atom. The predicted octanol–water partition coefficient (Wildman–Crippen LogP) is 21.8. The minimum atomic E-state index is 1.10. The number of hydrogen-bond acceptors (Lipinski definition) is 1. The van der Waals surface area contributed by atoms with Crippen LogP contribution in [-0.2, 0) is 0 Å². The second-order valence-electron chi connectivity index (χ2n) is 19.9. The van der Waals surface area contributed by atoms with Crippen molar-refractivity contribution in [1.29, 1.82) is 0 Å². The molecule has 0 N–H and O–H groups in total. The first-order chi connectivity index (χ1) is 38.9. The van der Waals surface area contributed by atoms with Crippen LogP contribution in [-0.4, -0.2) is 9.13 Å². The summed E-state index contributed by atoms with van der Waals surface area (Å²) in [6.45, 7) is 16.9. The van der Waals surface area contributed by atoms with Crippen molar-refractivity contribution in [2.24, 2.45) is 0 Å². The second-order valence-corrected chi connectivity index (χ2v) is 19.9. The number of hydrogen-bond donors (Lipinski definition) is 0. The maximum absolute atomic E-state index is 3.62. The van der Waals surface area contributed by atoms with E-state index in [1.54, 1.807) is 6.08 Å². The topological polar surface area (TPSA) is 13.1 Å². The van der Waals surface area contributed by atoms with Gasteiger partial charge in [-0.2, -0.15) is 0 Å². The number of fused-ring (bicyclic) bond motifs is 9. The number of benzene rings is 11. The van der Waals surface area contributed by atoms with E-state index in [0.29, 0.717) is 0 Å². The van der Waals surface area contributed by atoms with Gasteiger partial charge >= 0.3 is 0 Å². The van der Waals surface area contributed by atoms with E-state index in [2.05, 4.69) is 295 Å². The standard InChI is InChI=1S/C62H41N3.C8H12.C6H10/c1-3-14-42(15-4-1)45-26-31-50(32-27-45)63(51-21-13-20-47(38-51)43-16-5-2-6-17-43)52-34-29-49-41-54(35-30-48(49)40-52)65-58-24-11-9-22-55(58)56-36-37-60-61(62(56)65)57-23-10-12-25-59(57)64(60)53-33-28-44-18-7-8-19-46(44)39-53;1-5-8(6-2)7(3)4;1-3-5-6-4-2/h1-41H;5-6H,1-2H2,3-4H3;3,5-6H,1,4H2,2H3/b;;6-5-. The molecule has 13 aromatic rings. The molecule has 382 valence electrons. The molecule has 0 aliphatic rings. The van der Waals surface area contributed by atoms with Crippen molar-refractivity contribution < 1.29 is 0 Å². The van der Waals surface area contributed by atoms with Crippen molar-refractivity contribution in [3.8, 4) is 33.6 Å². The summed E-state index contributed by atoms with van der Waals surface area (Å²) in [7, 11) is 0. The highest BCUT2D eigenvalue weighted by atomic mass is 15.1. The zero-order chi connectivity index (χ0) is 54.2. The van der Waals surface area contributed by atoms with Crippen LogP contribution in [0.3, 0.4) is 0 Å². The van der Waals surface area contributed by atoms with Crippen molar-refractivity contribution in [2.75, 3.05) is 4.90 Å². The summed E-state index contributed by atoms with van der Waals surface area (Å²) in [5.74, 6) is 0. The van der Waals surface area contributed by atoms with Gasteiger partial charge < -0.3 is 14.0 Å². The molecule has 79 heavy (non-hydrogen) atoms. The number of nitrogens with zero attached hydrogens (tertiary/aromatic N) is 3. The number of allylic oxidation sites excluding steroid dienone is 7. The molecular weight excluding hydrogens is 955 g/mol. The van der Waals surface area contributed by atoms with E-state index in [1.165, 1.54) is 93.0 Å². The van der Waals surface area contributed by atoms with Gasteiger partial charge in [-0.1, -0.05) is 232 Å². The lowest BCUT2D eigenvalue weighted by Crippen LogP contribution is -2.10. The quantitative estimate of drug-likeness (QED) is 0.118. The first-order valence-electron chi connectivity index (χ1n) is 27.2. The number of para-hydroxylation sites is 2. The Morgan fingerprint density at radius 1 is 0.405 bits per heavy atom. The first kappa shape index (κ1) is 51.2. The molecule has 2 aromatic heterocycles. The highest BCUT2D eigenvalue weighted by Gasteiger charge is 2.22. The molecule has 3 heteroatoms. The molecule has 0 fully saturated rings. The van der Waals surface area contributed by atoms with Crippen LogP contribution in [0, 0.1) is 0 Å². The molecule has 3 nitrogen and oxygen atoms in total. The molecule has 2 heterocycles. The largest absolute Gasteiger partial charge is 0.310 e. The van der Waals surface area contributed by atoms with E-state index < -0.39 is 0 Å². The molecule has 0 amide bonds. The minimum Gasteiger partial charge on any atom is -0.310 e. The Bertz CT molecular complexity index is 4400. The molecule has 0 saturated carbocycles. The van der Waals surface area contributed by atoms with E-state index in [4.69, 9.17) is 0 Å². The van der Waals surface area contributed by atoms with Crippen LogP contribution in [0.25, 0.3) is 98.8 Å². The fraction of sp³-hybridized carbons (Fsp3) is 0.0526. The molecule has 0 aliphatic carbocycles. The summed E-state index contributed by atoms with van der Waals surface area (Å²) in [6.07, 6.45) is 10.5. The van der Waals surface area contributed by atoms with Gasteiger partial charge in [0.1, 0.15) is 0 Å². The first-order valence-corrected chi connectivity index (χ1v) is 27.2. The van der Waals surface area contributed by atoms with E-state index >= 15 is 0 Å². The van der Waals surface area contributed by atoms with Crippen LogP contribution >= 0.6 is 0 Å². The fourth-order valence-corrected chi connectivity index (χ4v) is 10.9. The highest BCUT2D eigenvalue weighted by molar-refractivity contribution is 6.26. The molecule has 0 bridgehead atoms. The third-order valence-electron chi connectivity index (χ3n) is 14.8. The summed E-state index contributed by atoms with van der Waals surface area (Å²) in [6, 6.07) is 90.7. The van der Waals surface area contributed by atoms with E-state index in [9.17, 15) is 0 Å². The predicted molar refractivity (Wildman–Crippen MR) is 344 cm³/mol. The SMILES string of the molecule is C=C/C=C\CC.C=CC(C=C)=C(C)C.c1ccc(-c2ccc(N(c3cccc(-c4ccccc4)c3)c3ccc4cc(-n5c6ccccc6c6ccc7c(c8ccccc8n7-c7ccc8ccccc8c7)c65)ccc4c3)cc2)cc1. The van der Waals surface area contributed by atoms with Crippen LogP contribution in [0.5, 0.6) is 0 Å². The maximum atomic E-state index is 3.62. The Morgan fingerprint density at radius 3 is 1.57 bits per heavy atom. The monoisotopic (exact) mass is 1020 g/mol. The average Bonchev–Trinajstić information content (AvgIpc) is 4.08. The Kier molecular flexibility index (Phi) is 15.0. The van der Waals surface area contributed by atoms with Crippen LogP contribution in [0.1, 0.15) is 27.2 Å². The van der Waals surface area contributed by atoms with Crippen molar-refractivity contribution in [1.82, 2.24) is 9.13 Å². The Balaban J connectivity index is 0.000000420. The Labute approximate surface area is 464 Å². The van der Waals surface area contributed by atoms with Gasteiger partial charge in [-0.3, -0.25) is 0 Å². The summed E-state index contributed by atoms with van der Waals surface area (Å²) in [4.78, 5) is 2.38. The van der Waals surface area contributed by atoms with Gasteiger partial charge in [0, 0.05) is 50.0 Å². The lowest BCUT2D eigenvalue weighted by Gasteiger charge is -2.26. The molecule has 0 spiro atoms. The summed E-state index contributed by atoms with van der Waals surface area (Å²) in [5, 5.41) is 9.82. The number of rotatable bonds is 11. The van der Waals surface area contributed by atoms with Crippen LogP contribution in [0.4, 0.5) is 17.1 Å². The summed E-state index contributed by atoms with van der Waals surface area (Å²) >= 11 is 0. The maximum Gasteiger partial charge on any atom is 0.0641 e. The van der Waals surface area contributed by atoms with Crippen molar-refractivity contribution >= 4 is 82.2 Å². The van der Waals surface area contributed by atoms with Crippen molar-refractivity contribution in [3.63, 3.8) is 0 Å². The molecular formula is C76H63N3. The van der Waals surface area contributed by atoms with Gasteiger partial charge in [-0.15, -0.1) is 0 Å². The lowest BCUT2D eigenvalue weighted by atomic mass is 10.0. The third-order valence-corrected chi connectivity index (χ3v) is 14.8. The minimum absolute atomic E-state index is 1.10. The smallest absolute Gasteiger partial charge is 0.0641 e. The normalized spacial score (nSPS) is 11.1. The van der Waals surface area contributed by atoms with E-state index in [-0.39, 0.29) is 0 Å². The number of anilines is 3. The zero-order valence-corrected chi connectivity index (χ0v) is 45.2. The average molecular weight is 1020 g/mol. The van der Waals surface area contributed by atoms with Crippen LogP contribution < -0.4 is 4.90 Å². The van der Waals surface area contributed by atoms with Crippen LogP contribution in [0.2, 0.25) is 0 Å². The van der Waals surface area contributed by atoms with Gasteiger partial charge in [-0.05, 0) is 149 Å². The van der Waals surface area contributed by atoms with Gasteiger partial charge in [0.05, 0.1) is 22.1 Å². The molecule has 11 aromatic carbocycles. The third kappa shape index (κ3) is 10.3. The van der Waals surface area contributed by atoms with Gasteiger partial charge in [-0.25, -0.2) is 0 Å². The molecule has 0 saturated heterocycles. The van der Waals surface area contributed by atoms with Gasteiger partial charge in [0.2, 0.25) is 0 Å². The van der Waals surface area contributed by atoms with Gasteiger partial charge in [0.25, 0.3) is 0 Å². The van der Waals surface area contributed by atoms with E-state index in [1.807, 2.05) is 32.1 Å². The zero-order valence-electron chi connectivity index (χ0n) is 45.2. The molecule has 0 atom stereocenters. The molecule has 0 radical (unpaired) electrons. The van der Waals surface area contributed by atoms with E-state index in [0.717, 1.165) is 40.4 Å². The van der Waals surface area contributed by atoms with Crippen molar-refractivity contribution in [2.45, 2.75) is 27.2 Å². The molecule has 0 unspecified atom stereocenters. The summed E-state index contributed by atoms with van der Waals surface area (Å²) in [5.41, 5.74) is 17.6. The van der Waals surface area contributed by atoms with Gasteiger partial charge in [0.15, 0.2) is 0 Å². The lowest BCUT2D eigenvalue weighted by molar-refractivity contribution is 1.18. The highest BCUT2D eigenvalue weighted by Crippen LogP contribution is 2.44. The Hall–Kier alpha value is -9.96. The van der Waals surface area contributed by atoms with Crippen LogP contribution in [0.15, 0.2) is 310 Å². The molecule has 0 aliphatic heterocycles. The number of aromatic nitrogens is 2.